The van der Waals surface area contributed by atoms with Crippen LogP contribution in [0.4, 0.5) is 0 Å². The van der Waals surface area contributed by atoms with Crippen molar-refractivity contribution in [2.45, 2.75) is 23.7 Å². The molecule has 0 radical (unpaired) electrons. The number of carbonyl (C=O) groups is 2. The monoisotopic (exact) mass is 402 g/mol. The number of hydrogen-bond donors (Lipinski definition) is 2. The Morgan fingerprint density at radius 3 is 2.00 bits per heavy atom. The van der Waals surface area contributed by atoms with Crippen molar-refractivity contribution in [3.8, 4) is 0 Å². The van der Waals surface area contributed by atoms with Crippen molar-refractivity contribution in [3.63, 3.8) is 0 Å². The molecule has 0 unspecified atom stereocenters. The number of carbonyl (C=O) groups excluding carboxylic acids is 2. The van der Waals surface area contributed by atoms with Crippen LogP contribution >= 0.6 is 11.6 Å². The number of hydrogen-bond acceptors (Lipinski definition) is 6. The van der Waals surface area contributed by atoms with Crippen molar-refractivity contribution < 1.29 is 29.3 Å². The van der Waals surface area contributed by atoms with Gasteiger partial charge in [0, 0.05) is 0 Å². The van der Waals surface area contributed by atoms with Crippen LogP contribution in [0.1, 0.15) is 20.7 Å². The Bertz CT molecular complexity index is 852. The lowest BCUT2D eigenvalue weighted by Gasteiger charge is -2.34. The van der Waals surface area contributed by atoms with E-state index in [0.29, 0.717) is 5.56 Å². The number of aliphatic hydroxyl groups excluding tert-OH is 2. The maximum absolute atomic E-state index is 12.3. The van der Waals surface area contributed by atoms with Crippen LogP contribution < -0.4 is 0 Å². The van der Waals surface area contributed by atoms with E-state index in [9.17, 15) is 19.8 Å². The van der Waals surface area contributed by atoms with Gasteiger partial charge in [0.1, 0.15) is 18.8 Å². The molecule has 0 heterocycles. The summed E-state index contributed by atoms with van der Waals surface area (Å²) >= 11 is 6.11. The van der Waals surface area contributed by atoms with Crippen molar-refractivity contribution in [1.82, 2.24) is 0 Å². The minimum absolute atomic E-state index is 0.246. The number of rotatable bonds is 5. The molecule has 0 aromatic heterocycles. The summed E-state index contributed by atoms with van der Waals surface area (Å²) < 4.78 is 10.5. The molecule has 7 heteroatoms. The largest absolute Gasteiger partial charge is 0.457 e. The van der Waals surface area contributed by atoms with Crippen LogP contribution in [-0.4, -0.2) is 52.4 Å². The third-order valence-corrected chi connectivity index (χ3v) is 4.74. The smallest absolute Gasteiger partial charge is 0.338 e. The zero-order valence-corrected chi connectivity index (χ0v) is 15.5. The van der Waals surface area contributed by atoms with Gasteiger partial charge in [0.05, 0.1) is 16.5 Å². The van der Waals surface area contributed by atoms with Crippen LogP contribution in [0.25, 0.3) is 0 Å². The van der Waals surface area contributed by atoms with Gasteiger partial charge in [-0.05, 0) is 29.8 Å². The first kappa shape index (κ1) is 20.1. The number of aliphatic hydroxyl groups is 2. The normalized spacial score (nSPS) is 24.2. The number of benzene rings is 2. The Morgan fingerprint density at radius 2 is 1.43 bits per heavy atom. The van der Waals surface area contributed by atoms with Crippen molar-refractivity contribution in [3.05, 3.63) is 83.4 Å². The SMILES string of the molecule is O=C(OCC1=C[C@H](Cl)[C@H](O)[C@H](OC(=O)c2ccccc2)[C@H]1O)c1ccccc1. The van der Waals surface area contributed by atoms with E-state index in [0.717, 1.165) is 0 Å². The molecule has 28 heavy (non-hydrogen) atoms. The van der Waals surface area contributed by atoms with Gasteiger partial charge < -0.3 is 19.7 Å². The Balaban J connectivity index is 1.68. The lowest BCUT2D eigenvalue weighted by molar-refractivity contribution is -0.0688. The predicted octanol–water partition coefficient (Wildman–Crippen LogP) is 2.34. The molecule has 0 aliphatic heterocycles. The minimum atomic E-state index is -1.36. The van der Waals surface area contributed by atoms with E-state index in [2.05, 4.69) is 0 Å². The molecule has 1 aliphatic carbocycles. The predicted molar refractivity (Wildman–Crippen MR) is 102 cm³/mol. The molecule has 0 bridgehead atoms. The third kappa shape index (κ3) is 4.59. The Labute approximate surface area is 167 Å². The summed E-state index contributed by atoms with van der Waals surface area (Å²) in [5, 5.41) is 19.9. The summed E-state index contributed by atoms with van der Waals surface area (Å²) in [5.41, 5.74) is 0.892. The van der Waals surface area contributed by atoms with E-state index in [1.807, 2.05) is 0 Å². The molecular weight excluding hydrogens is 384 g/mol. The summed E-state index contributed by atoms with van der Waals surface area (Å²) in [4.78, 5) is 24.4. The first-order valence-corrected chi connectivity index (χ1v) is 9.10. The van der Waals surface area contributed by atoms with Crippen molar-refractivity contribution >= 4 is 23.5 Å². The van der Waals surface area contributed by atoms with Crippen LogP contribution in [0.2, 0.25) is 0 Å². The maximum Gasteiger partial charge on any atom is 0.338 e. The fourth-order valence-corrected chi connectivity index (χ4v) is 3.13. The molecule has 0 amide bonds. The standard InChI is InChI=1S/C21H19ClO6/c22-16-11-15(12-27-20(25)13-7-3-1-4-8-13)17(23)19(18(16)24)28-21(26)14-9-5-2-6-10-14/h1-11,16-19,23-24H,12H2/t16-,17-,18-,19+/m0/s1. The summed E-state index contributed by atoms with van der Waals surface area (Å²) in [6.45, 7) is -0.246. The summed E-state index contributed by atoms with van der Waals surface area (Å²) in [5.74, 6) is -1.26. The average molecular weight is 403 g/mol. The quantitative estimate of drug-likeness (QED) is 0.453. The highest BCUT2D eigenvalue weighted by Crippen LogP contribution is 2.27. The molecule has 3 rings (SSSR count). The van der Waals surface area contributed by atoms with Gasteiger partial charge in [0.15, 0.2) is 6.10 Å². The second kappa shape index (κ2) is 9.01. The van der Waals surface area contributed by atoms with Gasteiger partial charge in [-0.1, -0.05) is 42.5 Å². The van der Waals surface area contributed by atoms with Crippen LogP contribution in [0.15, 0.2) is 72.3 Å². The number of ether oxygens (including phenoxy) is 2. The van der Waals surface area contributed by atoms with Crippen molar-refractivity contribution in [2.75, 3.05) is 6.61 Å². The number of esters is 2. The van der Waals surface area contributed by atoms with Gasteiger partial charge in [-0.25, -0.2) is 9.59 Å². The summed E-state index contributed by atoms with van der Waals surface area (Å²) in [6.07, 6.45) is -2.55. The third-order valence-electron chi connectivity index (χ3n) is 4.36. The lowest BCUT2D eigenvalue weighted by Crippen LogP contribution is -2.50. The van der Waals surface area contributed by atoms with Gasteiger partial charge in [0.25, 0.3) is 0 Å². The first-order valence-electron chi connectivity index (χ1n) is 8.66. The van der Waals surface area contributed by atoms with Crippen molar-refractivity contribution in [1.29, 1.82) is 0 Å². The highest BCUT2D eigenvalue weighted by Gasteiger charge is 2.41. The molecule has 146 valence electrons. The Hall–Kier alpha value is -2.67. The van der Waals surface area contributed by atoms with E-state index in [1.54, 1.807) is 60.7 Å². The molecule has 6 nitrogen and oxygen atoms in total. The zero-order valence-electron chi connectivity index (χ0n) is 14.8. The molecule has 4 atom stereocenters. The fraction of sp³-hybridized carbons (Fsp3) is 0.238. The zero-order chi connectivity index (χ0) is 20.1. The second-order valence-corrected chi connectivity index (χ2v) is 6.80. The molecule has 0 fully saturated rings. The molecule has 2 aromatic carbocycles. The Morgan fingerprint density at radius 1 is 0.893 bits per heavy atom. The molecule has 0 saturated heterocycles. The van der Waals surface area contributed by atoms with E-state index in [4.69, 9.17) is 21.1 Å². The van der Waals surface area contributed by atoms with E-state index < -0.39 is 35.6 Å². The molecule has 1 aliphatic rings. The van der Waals surface area contributed by atoms with Gasteiger partial charge in [-0.3, -0.25) is 0 Å². The van der Waals surface area contributed by atoms with E-state index >= 15 is 0 Å². The number of alkyl halides is 1. The lowest BCUT2D eigenvalue weighted by atomic mass is 9.91. The first-order chi connectivity index (χ1) is 13.5. The Kier molecular flexibility index (Phi) is 6.46. The highest BCUT2D eigenvalue weighted by molar-refractivity contribution is 6.22. The van der Waals surface area contributed by atoms with Crippen LogP contribution in [0.5, 0.6) is 0 Å². The van der Waals surface area contributed by atoms with Gasteiger partial charge in [-0.2, -0.15) is 0 Å². The molecule has 0 spiro atoms. The van der Waals surface area contributed by atoms with Crippen molar-refractivity contribution in [2.24, 2.45) is 0 Å². The van der Waals surface area contributed by atoms with E-state index in [1.165, 1.54) is 6.08 Å². The maximum atomic E-state index is 12.3. The van der Waals surface area contributed by atoms with Crippen LogP contribution in [0, 0.1) is 0 Å². The van der Waals surface area contributed by atoms with Gasteiger partial charge in [0.2, 0.25) is 0 Å². The van der Waals surface area contributed by atoms with Gasteiger partial charge >= 0.3 is 11.9 Å². The van der Waals surface area contributed by atoms with E-state index in [-0.39, 0.29) is 17.7 Å². The van der Waals surface area contributed by atoms with Crippen LogP contribution in [0.3, 0.4) is 0 Å². The topological polar surface area (TPSA) is 93.1 Å². The fourth-order valence-electron chi connectivity index (χ4n) is 2.82. The van der Waals surface area contributed by atoms with Crippen LogP contribution in [-0.2, 0) is 9.47 Å². The molecule has 2 aromatic rings. The highest BCUT2D eigenvalue weighted by atomic mass is 35.5. The number of halogens is 1. The van der Waals surface area contributed by atoms with Gasteiger partial charge in [-0.15, -0.1) is 11.6 Å². The average Bonchev–Trinajstić information content (AvgIpc) is 2.73. The summed E-state index contributed by atoms with van der Waals surface area (Å²) in [7, 11) is 0. The second-order valence-electron chi connectivity index (χ2n) is 6.30. The summed E-state index contributed by atoms with van der Waals surface area (Å²) in [6, 6.07) is 16.6. The molecule has 2 N–H and O–H groups in total. The minimum Gasteiger partial charge on any atom is -0.457 e. The molecular formula is C21H19ClO6. The molecule has 0 saturated carbocycles.